The molecule has 0 aromatic heterocycles. The molecule has 0 amide bonds. The van der Waals surface area contributed by atoms with Gasteiger partial charge in [-0.3, -0.25) is 4.79 Å². The van der Waals surface area contributed by atoms with Crippen LogP contribution in [0.3, 0.4) is 0 Å². The molecule has 2 nitrogen and oxygen atoms in total. The van der Waals surface area contributed by atoms with Crippen LogP contribution in [0.4, 0.5) is 0 Å². The average Bonchev–Trinajstić information content (AvgIpc) is 1.85. The molecule has 0 aromatic carbocycles. The molecule has 2 atom stereocenters. The Morgan fingerprint density at radius 3 is 2.73 bits per heavy atom. The summed E-state index contributed by atoms with van der Waals surface area (Å²) in [5.41, 5.74) is 0.588. The lowest BCUT2D eigenvalue weighted by molar-refractivity contribution is -0.106. The minimum Gasteiger partial charge on any atom is -0.370 e. The average molecular weight is 175 g/mol. The predicted molar refractivity (Wildman–Crippen MR) is 43.6 cm³/mol. The summed E-state index contributed by atoms with van der Waals surface area (Å²) in [5, 5.41) is 0.645. The van der Waals surface area contributed by atoms with E-state index in [1.807, 2.05) is 13.8 Å². The van der Waals surface area contributed by atoms with Crippen LogP contribution >= 0.6 is 11.6 Å². The van der Waals surface area contributed by atoms with Crippen molar-refractivity contribution < 1.29 is 9.53 Å². The van der Waals surface area contributed by atoms with Gasteiger partial charge in [0.05, 0.1) is 12.2 Å². The summed E-state index contributed by atoms with van der Waals surface area (Å²) in [7, 11) is 0. The Morgan fingerprint density at radius 2 is 2.27 bits per heavy atom. The third-order valence-electron chi connectivity index (χ3n) is 1.78. The van der Waals surface area contributed by atoms with Gasteiger partial charge >= 0.3 is 0 Å². The summed E-state index contributed by atoms with van der Waals surface area (Å²) >= 11 is 5.84. The number of carbonyl (C=O) groups is 1. The zero-order valence-corrected chi connectivity index (χ0v) is 7.39. The van der Waals surface area contributed by atoms with Crippen LogP contribution in [0.15, 0.2) is 10.6 Å². The SMILES string of the molecule is CC1CC(Cl)=C(C=O)C(C)O1. The lowest BCUT2D eigenvalue weighted by Crippen LogP contribution is -2.25. The van der Waals surface area contributed by atoms with Gasteiger partial charge in [0.25, 0.3) is 0 Å². The van der Waals surface area contributed by atoms with E-state index in [2.05, 4.69) is 0 Å². The highest BCUT2D eigenvalue weighted by molar-refractivity contribution is 6.31. The molecular weight excluding hydrogens is 164 g/mol. The summed E-state index contributed by atoms with van der Waals surface area (Å²) in [6.07, 6.45) is 1.41. The first-order chi connectivity index (χ1) is 5.15. The van der Waals surface area contributed by atoms with Crippen molar-refractivity contribution in [2.24, 2.45) is 0 Å². The van der Waals surface area contributed by atoms with Gasteiger partial charge in [0, 0.05) is 17.0 Å². The summed E-state index contributed by atoms with van der Waals surface area (Å²) in [4.78, 5) is 10.5. The first kappa shape index (κ1) is 8.75. The molecule has 1 aliphatic heterocycles. The van der Waals surface area contributed by atoms with Gasteiger partial charge in [-0.15, -0.1) is 0 Å². The van der Waals surface area contributed by atoms with Crippen LogP contribution in [0.1, 0.15) is 20.3 Å². The molecule has 11 heavy (non-hydrogen) atoms. The summed E-state index contributed by atoms with van der Waals surface area (Å²) < 4.78 is 5.39. The summed E-state index contributed by atoms with van der Waals surface area (Å²) in [6.45, 7) is 3.78. The van der Waals surface area contributed by atoms with Crippen molar-refractivity contribution in [2.45, 2.75) is 32.5 Å². The molecule has 62 valence electrons. The second-order valence-electron chi connectivity index (χ2n) is 2.77. The molecule has 0 radical (unpaired) electrons. The zero-order valence-electron chi connectivity index (χ0n) is 6.63. The Kier molecular flexibility index (Phi) is 2.68. The summed E-state index contributed by atoms with van der Waals surface area (Å²) in [6, 6.07) is 0. The maximum Gasteiger partial charge on any atom is 0.149 e. The van der Waals surface area contributed by atoms with Crippen molar-refractivity contribution in [3.8, 4) is 0 Å². The largest absolute Gasteiger partial charge is 0.370 e. The smallest absolute Gasteiger partial charge is 0.149 e. The Balaban J connectivity index is 2.85. The molecule has 1 aliphatic rings. The molecule has 1 heterocycles. The first-order valence-corrected chi connectivity index (χ1v) is 4.02. The zero-order chi connectivity index (χ0) is 8.43. The Labute approximate surface area is 71.2 Å². The molecule has 0 aliphatic carbocycles. The fourth-order valence-electron chi connectivity index (χ4n) is 1.22. The molecule has 3 heteroatoms. The van der Waals surface area contributed by atoms with Gasteiger partial charge < -0.3 is 4.74 Å². The third-order valence-corrected chi connectivity index (χ3v) is 2.15. The van der Waals surface area contributed by atoms with E-state index in [1.54, 1.807) is 0 Å². The number of aldehydes is 1. The van der Waals surface area contributed by atoms with Crippen LogP contribution in [0.25, 0.3) is 0 Å². The van der Waals surface area contributed by atoms with Crippen LogP contribution < -0.4 is 0 Å². The fourth-order valence-corrected chi connectivity index (χ4v) is 1.64. The fraction of sp³-hybridized carbons (Fsp3) is 0.625. The second-order valence-corrected chi connectivity index (χ2v) is 3.23. The molecule has 0 fully saturated rings. The van der Waals surface area contributed by atoms with E-state index in [9.17, 15) is 4.79 Å². The minimum atomic E-state index is -0.149. The van der Waals surface area contributed by atoms with Crippen molar-refractivity contribution >= 4 is 17.9 Å². The number of hydrogen-bond donors (Lipinski definition) is 0. The highest BCUT2D eigenvalue weighted by atomic mass is 35.5. The highest BCUT2D eigenvalue weighted by Crippen LogP contribution is 2.26. The predicted octanol–water partition coefficient (Wildman–Crippen LogP) is 1.88. The Morgan fingerprint density at radius 1 is 1.64 bits per heavy atom. The number of halogens is 1. The molecule has 1 rings (SSSR count). The van der Waals surface area contributed by atoms with Crippen molar-refractivity contribution in [1.29, 1.82) is 0 Å². The highest BCUT2D eigenvalue weighted by Gasteiger charge is 2.22. The molecule has 0 aromatic rings. The lowest BCUT2D eigenvalue weighted by atomic mass is 10.1. The quantitative estimate of drug-likeness (QED) is 0.568. The van der Waals surface area contributed by atoms with E-state index in [4.69, 9.17) is 16.3 Å². The van der Waals surface area contributed by atoms with Crippen LogP contribution in [0.5, 0.6) is 0 Å². The third kappa shape index (κ3) is 1.82. The molecule has 2 unspecified atom stereocenters. The number of hydrogen-bond acceptors (Lipinski definition) is 2. The number of rotatable bonds is 1. The van der Waals surface area contributed by atoms with Crippen molar-refractivity contribution in [2.75, 3.05) is 0 Å². The van der Waals surface area contributed by atoms with E-state index in [0.29, 0.717) is 17.0 Å². The van der Waals surface area contributed by atoms with Gasteiger partial charge in [0.15, 0.2) is 0 Å². The maximum atomic E-state index is 10.5. The van der Waals surface area contributed by atoms with Gasteiger partial charge in [0.2, 0.25) is 0 Å². The van der Waals surface area contributed by atoms with Gasteiger partial charge in [-0.05, 0) is 13.8 Å². The summed E-state index contributed by atoms with van der Waals surface area (Å²) in [5.74, 6) is 0. The molecule has 0 saturated carbocycles. The van der Waals surface area contributed by atoms with E-state index < -0.39 is 0 Å². The molecule has 0 saturated heterocycles. The van der Waals surface area contributed by atoms with Crippen LogP contribution in [0.2, 0.25) is 0 Å². The van der Waals surface area contributed by atoms with Crippen molar-refractivity contribution in [1.82, 2.24) is 0 Å². The van der Waals surface area contributed by atoms with E-state index in [-0.39, 0.29) is 12.2 Å². The lowest BCUT2D eigenvalue weighted by Gasteiger charge is -2.25. The van der Waals surface area contributed by atoms with Gasteiger partial charge in [-0.1, -0.05) is 11.6 Å². The standard InChI is InChI=1S/C8H11ClO2/c1-5-3-8(9)7(4-10)6(2)11-5/h4-6H,3H2,1-2H3. The monoisotopic (exact) mass is 174 g/mol. The molecule has 0 bridgehead atoms. The van der Waals surface area contributed by atoms with Gasteiger partial charge in [0.1, 0.15) is 6.29 Å². The van der Waals surface area contributed by atoms with E-state index in [0.717, 1.165) is 6.29 Å². The normalized spacial score (nSPS) is 32.3. The Hall–Kier alpha value is -0.340. The van der Waals surface area contributed by atoms with Crippen molar-refractivity contribution in [3.05, 3.63) is 10.6 Å². The Bertz CT molecular complexity index is 198. The topological polar surface area (TPSA) is 26.3 Å². The van der Waals surface area contributed by atoms with Crippen molar-refractivity contribution in [3.63, 3.8) is 0 Å². The van der Waals surface area contributed by atoms with Crippen LogP contribution in [0, 0.1) is 0 Å². The van der Waals surface area contributed by atoms with Crippen LogP contribution in [-0.2, 0) is 9.53 Å². The molecular formula is C8H11ClO2. The van der Waals surface area contributed by atoms with E-state index >= 15 is 0 Å². The molecule has 0 N–H and O–H groups in total. The number of carbonyl (C=O) groups excluding carboxylic acids is 1. The van der Waals surface area contributed by atoms with E-state index in [1.165, 1.54) is 0 Å². The first-order valence-electron chi connectivity index (χ1n) is 3.64. The maximum absolute atomic E-state index is 10.5. The molecule has 0 spiro atoms. The minimum absolute atomic E-state index is 0.126. The van der Waals surface area contributed by atoms with Gasteiger partial charge in [-0.25, -0.2) is 0 Å². The van der Waals surface area contributed by atoms with Crippen LogP contribution in [-0.4, -0.2) is 18.5 Å². The second kappa shape index (κ2) is 3.37. The van der Waals surface area contributed by atoms with Gasteiger partial charge in [-0.2, -0.15) is 0 Å². The number of ether oxygens (including phenoxy) is 1.